The van der Waals surface area contributed by atoms with Crippen LogP contribution in [0.15, 0.2) is 77.3 Å². The number of amides is 1. The molecule has 1 amide bonds. The highest BCUT2D eigenvalue weighted by molar-refractivity contribution is 6.06. The number of nitrogens with one attached hydrogen (secondary N) is 1. The van der Waals surface area contributed by atoms with Crippen LogP contribution in [0.2, 0.25) is 0 Å². The third kappa shape index (κ3) is 5.48. The topological polar surface area (TPSA) is 95.7 Å². The Morgan fingerprint density at radius 2 is 1.67 bits per heavy atom. The molecule has 0 saturated carbocycles. The van der Waals surface area contributed by atoms with Crippen LogP contribution >= 0.6 is 0 Å². The molecule has 1 N–H and O–H groups in total. The van der Waals surface area contributed by atoms with Gasteiger partial charge < -0.3 is 24.1 Å². The number of hydrogen-bond donors (Lipinski definition) is 1. The highest BCUT2D eigenvalue weighted by atomic mass is 16.5. The van der Waals surface area contributed by atoms with Gasteiger partial charge in [-0.25, -0.2) is 0 Å². The molecule has 8 heteroatoms. The van der Waals surface area contributed by atoms with Crippen molar-refractivity contribution in [2.45, 2.75) is 13.5 Å². The first kappa shape index (κ1) is 21.9. The highest BCUT2D eigenvalue weighted by Gasteiger charge is 2.15. The number of para-hydroxylation sites is 1. The molecule has 0 spiro atoms. The van der Waals surface area contributed by atoms with Crippen molar-refractivity contribution < 1.29 is 23.5 Å². The minimum absolute atomic E-state index is 0.0243. The lowest BCUT2D eigenvalue weighted by atomic mass is 10.2. The molecule has 3 aromatic carbocycles. The lowest BCUT2D eigenvalue weighted by Crippen LogP contribution is -2.13. The molecule has 0 radical (unpaired) electrons. The van der Waals surface area contributed by atoms with E-state index in [1.807, 2.05) is 31.2 Å². The zero-order chi connectivity index (χ0) is 23.0. The van der Waals surface area contributed by atoms with Gasteiger partial charge in [0.2, 0.25) is 5.82 Å². The number of methoxy groups -OCH3 is 1. The van der Waals surface area contributed by atoms with Crippen molar-refractivity contribution in [3.63, 3.8) is 0 Å². The molecule has 0 aliphatic rings. The quantitative estimate of drug-likeness (QED) is 0.388. The molecule has 4 rings (SSSR count). The van der Waals surface area contributed by atoms with E-state index in [9.17, 15) is 4.79 Å². The predicted octanol–water partition coefficient (Wildman–Crippen LogP) is 4.98. The van der Waals surface area contributed by atoms with E-state index >= 15 is 0 Å². The summed E-state index contributed by atoms with van der Waals surface area (Å²) >= 11 is 0. The fourth-order valence-electron chi connectivity index (χ4n) is 3.09. The van der Waals surface area contributed by atoms with E-state index in [1.54, 1.807) is 55.6 Å². The van der Waals surface area contributed by atoms with Crippen LogP contribution in [0.1, 0.15) is 23.2 Å². The summed E-state index contributed by atoms with van der Waals surface area (Å²) in [5.74, 6) is 2.34. The molecule has 33 heavy (non-hydrogen) atoms. The molecule has 0 fully saturated rings. The van der Waals surface area contributed by atoms with Crippen molar-refractivity contribution in [3.8, 4) is 28.6 Å². The summed E-state index contributed by atoms with van der Waals surface area (Å²) in [6.07, 6.45) is 0. The number of hydrogen-bond acceptors (Lipinski definition) is 7. The van der Waals surface area contributed by atoms with Crippen molar-refractivity contribution in [2.24, 2.45) is 0 Å². The molecule has 1 heterocycles. The third-order valence-electron chi connectivity index (χ3n) is 4.72. The van der Waals surface area contributed by atoms with Crippen LogP contribution in [0, 0.1) is 0 Å². The van der Waals surface area contributed by atoms with E-state index in [0.717, 1.165) is 17.1 Å². The van der Waals surface area contributed by atoms with Crippen molar-refractivity contribution in [1.29, 1.82) is 0 Å². The molecular formula is C25H23N3O5. The number of ether oxygens (including phenoxy) is 3. The summed E-state index contributed by atoms with van der Waals surface area (Å²) in [4.78, 5) is 17.2. The number of anilines is 1. The van der Waals surface area contributed by atoms with Gasteiger partial charge >= 0.3 is 0 Å². The summed E-state index contributed by atoms with van der Waals surface area (Å²) in [7, 11) is 1.61. The molecule has 1 aromatic heterocycles. The van der Waals surface area contributed by atoms with Crippen LogP contribution in [-0.2, 0) is 6.61 Å². The van der Waals surface area contributed by atoms with Crippen molar-refractivity contribution in [3.05, 3.63) is 84.3 Å². The van der Waals surface area contributed by atoms with E-state index in [1.165, 1.54) is 0 Å². The number of carbonyl (C=O) groups is 1. The molecule has 0 unspecified atom stereocenters. The zero-order valence-corrected chi connectivity index (χ0v) is 18.3. The lowest BCUT2D eigenvalue weighted by molar-refractivity contribution is 0.102. The van der Waals surface area contributed by atoms with Crippen LogP contribution in [-0.4, -0.2) is 29.8 Å². The van der Waals surface area contributed by atoms with Gasteiger partial charge in [0, 0.05) is 11.3 Å². The van der Waals surface area contributed by atoms with Crippen molar-refractivity contribution in [1.82, 2.24) is 10.1 Å². The summed E-state index contributed by atoms with van der Waals surface area (Å²) in [5.41, 5.74) is 1.83. The van der Waals surface area contributed by atoms with Gasteiger partial charge in [-0.2, -0.15) is 4.98 Å². The van der Waals surface area contributed by atoms with E-state index in [0.29, 0.717) is 35.3 Å². The Kier molecular flexibility index (Phi) is 6.84. The minimum Gasteiger partial charge on any atom is -0.497 e. The third-order valence-corrected chi connectivity index (χ3v) is 4.72. The Bertz CT molecular complexity index is 1200. The second-order valence-corrected chi connectivity index (χ2v) is 6.94. The summed E-state index contributed by atoms with van der Waals surface area (Å²) in [6, 6.07) is 21.5. The maximum Gasteiger partial charge on any atom is 0.264 e. The molecule has 0 aliphatic heterocycles. The second kappa shape index (κ2) is 10.3. The number of aromatic nitrogens is 2. The van der Waals surface area contributed by atoms with E-state index < -0.39 is 0 Å². The van der Waals surface area contributed by atoms with Crippen LogP contribution < -0.4 is 19.5 Å². The predicted molar refractivity (Wildman–Crippen MR) is 123 cm³/mol. The Morgan fingerprint density at radius 3 is 2.39 bits per heavy atom. The largest absolute Gasteiger partial charge is 0.497 e. The first-order valence-electron chi connectivity index (χ1n) is 10.4. The van der Waals surface area contributed by atoms with Gasteiger partial charge in [-0.05, 0) is 67.6 Å². The molecule has 8 nitrogen and oxygen atoms in total. The van der Waals surface area contributed by atoms with Gasteiger partial charge in [-0.3, -0.25) is 4.79 Å². The van der Waals surface area contributed by atoms with Gasteiger partial charge in [0.05, 0.1) is 19.3 Å². The fourth-order valence-corrected chi connectivity index (χ4v) is 3.09. The van der Waals surface area contributed by atoms with Gasteiger partial charge in [0.1, 0.15) is 17.2 Å². The van der Waals surface area contributed by atoms with E-state index in [-0.39, 0.29) is 12.5 Å². The molecule has 168 valence electrons. The average molecular weight is 445 g/mol. The van der Waals surface area contributed by atoms with Crippen LogP contribution in [0.4, 0.5) is 5.69 Å². The van der Waals surface area contributed by atoms with Crippen LogP contribution in [0.25, 0.3) is 11.4 Å². The van der Waals surface area contributed by atoms with Crippen molar-refractivity contribution >= 4 is 11.6 Å². The molecule has 0 aliphatic carbocycles. The van der Waals surface area contributed by atoms with Gasteiger partial charge in [-0.1, -0.05) is 17.3 Å². The fraction of sp³-hybridized carbons (Fsp3) is 0.160. The Balaban J connectivity index is 1.41. The lowest BCUT2D eigenvalue weighted by Gasteiger charge is -2.11. The molecule has 4 aromatic rings. The SMILES string of the molecule is CCOc1ccc(NC(=O)c2ccccc2OCc2nc(-c3ccc(OC)cc3)no2)cc1. The summed E-state index contributed by atoms with van der Waals surface area (Å²) < 4.78 is 21.7. The molecule has 0 atom stereocenters. The monoisotopic (exact) mass is 445 g/mol. The normalized spacial score (nSPS) is 10.5. The van der Waals surface area contributed by atoms with Crippen LogP contribution in [0.3, 0.4) is 0 Å². The molecule has 0 saturated heterocycles. The van der Waals surface area contributed by atoms with E-state index in [4.69, 9.17) is 18.7 Å². The number of carbonyl (C=O) groups excluding carboxylic acids is 1. The number of benzene rings is 3. The maximum atomic E-state index is 12.8. The van der Waals surface area contributed by atoms with Gasteiger partial charge in [-0.15, -0.1) is 0 Å². The minimum atomic E-state index is -0.292. The standard InChI is InChI=1S/C25H23N3O5/c1-3-31-20-14-10-18(11-15-20)26-25(29)21-6-4-5-7-22(21)32-16-23-27-24(28-33-23)17-8-12-19(30-2)13-9-17/h4-15H,3,16H2,1-2H3,(H,26,29). The first-order valence-corrected chi connectivity index (χ1v) is 10.4. The maximum absolute atomic E-state index is 12.8. The summed E-state index contributed by atoms with van der Waals surface area (Å²) in [5, 5.41) is 6.86. The van der Waals surface area contributed by atoms with Gasteiger partial charge in [0.15, 0.2) is 6.61 Å². The second-order valence-electron chi connectivity index (χ2n) is 6.94. The first-order chi connectivity index (χ1) is 16.2. The van der Waals surface area contributed by atoms with Gasteiger partial charge in [0.25, 0.3) is 11.8 Å². The smallest absolute Gasteiger partial charge is 0.264 e. The highest BCUT2D eigenvalue weighted by Crippen LogP contribution is 2.23. The molecular weight excluding hydrogens is 422 g/mol. The average Bonchev–Trinajstić information content (AvgIpc) is 3.33. The van der Waals surface area contributed by atoms with Crippen molar-refractivity contribution in [2.75, 3.05) is 19.0 Å². The van der Waals surface area contributed by atoms with Crippen LogP contribution in [0.5, 0.6) is 17.2 Å². The van der Waals surface area contributed by atoms with E-state index in [2.05, 4.69) is 15.5 Å². The Labute approximate surface area is 191 Å². The Morgan fingerprint density at radius 1 is 0.939 bits per heavy atom. The Hall–Kier alpha value is -4.33. The number of nitrogens with zero attached hydrogens (tertiary/aromatic N) is 2. The zero-order valence-electron chi connectivity index (χ0n) is 18.3. The number of rotatable bonds is 9. The summed E-state index contributed by atoms with van der Waals surface area (Å²) in [6.45, 7) is 2.52. The molecule has 0 bridgehead atoms.